The van der Waals surface area contributed by atoms with Crippen LogP contribution < -0.4 is 5.32 Å². The number of carbonyl (C=O) groups excluding carboxylic acids is 1. The Balaban J connectivity index is 1.64. The van der Waals surface area contributed by atoms with Crippen LogP contribution in [0.2, 0.25) is 0 Å². The number of ether oxygens (including phenoxy) is 4. The molecule has 14 heteroatoms. The van der Waals surface area contributed by atoms with Crippen molar-refractivity contribution in [2.45, 2.75) is 402 Å². The molecule has 2 rings (SSSR count). The van der Waals surface area contributed by atoms with Gasteiger partial charge in [-0.2, -0.15) is 0 Å². The summed E-state index contributed by atoms with van der Waals surface area (Å²) in [5, 5.41) is 87.4. The molecule has 0 radical (unpaired) electrons. The molecule has 87 heavy (non-hydrogen) atoms. The topological polar surface area (TPSA) is 228 Å². The lowest BCUT2D eigenvalue weighted by Gasteiger charge is -2.46. The molecule has 0 bridgehead atoms. The van der Waals surface area contributed by atoms with Crippen LogP contribution in [-0.2, 0) is 23.7 Å². The Labute approximate surface area is 531 Å². The van der Waals surface area contributed by atoms with Gasteiger partial charge in [0.25, 0.3) is 0 Å². The Morgan fingerprint density at radius 3 is 1.13 bits per heavy atom. The summed E-state index contributed by atoms with van der Waals surface area (Å²) in [5.74, 6) is -0.247. The highest BCUT2D eigenvalue weighted by Crippen LogP contribution is 2.30. The lowest BCUT2D eigenvalue weighted by molar-refractivity contribution is -0.359. The molecule has 14 nitrogen and oxygen atoms in total. The van der Waals surface area contributed by atoms with Gasteiger partial charge in [-0.25, -0.2) is 0 Å². The molecule has 0 saturated carbocycles. The number of carbonyl (C=O) groups is 1. The van der Waals surface area contributed by atoms with Gasteiger partial charge in [0, 0.05) is 6.42 Å². The summed E-state index contributed by atoms with van der Waals surface area (Å²) >= 11 is 0. The fourth-order valence-electron chi connectivity index (χ4n) is 12.2. The molecule has 0 aromatic rings. The zero-order chi connectivity index (χ0) is 63.1. The SMILES string of the molecule is CCCCCCCCCCCC/C=C/CC/C=C/CC/C=C/C(O)C(COC1OC(CO)C(OC2OC(CO)C(O)C(O)C2O)C(O)C1O)NC(=O)CCCCCCCCCCCCCCCCCCCCCCCCCCCCCCCCCCC. The van der Waals surface area contributed by atoms with Crippen LogP contribution in [0.4, 0.5) is 0 Å². The van der Waals surface area contributed by atoms with Crippen molar-refractivity contribution < 1.29 is 64.6 Å². The van der Waals surface area contributed by atoms with Crippen LogP contribution in [0, 0.1) is 0 Å². The number of rotatable bonds is 61. The van der Waals surface area contributed by atoms with E-state index in [0.717, 1.165) is 44.9 Å². The van der Waals surface area contributed by atoms with E-state index in [1.165, 1.54) is 250 Å². The van der Waals surface area contributed by atoms with Crippen LogP contribution in [0.3, 0.4) is 0 Å². The van der Waals surface area contributed by atoms with Gasteiger partial charge in [0.1, 0.15) is 48.8 Å². The van der Waals surface area contributed by atoms with Crippen LogP contribution in [-0.4, -0.2) is 140 Å². The van der Waals surface area contributed by atoms with Crippen molar-refractivity contribution in [3.63, 3.8) is 0 Å². The standard InChI is InChI=1S/C73H137NO13/c1-3-5-7-9-11-13-15-17-19-21-23-25-26-27-28-29-30-31-32-33-34-35-36-37-39-41-43-45-47-49-51-53-55-57-65(78)74-61(62(77)56-54-52-50-48-46-44-42-40-38-24-22-20-18-16-14-12-10-8-6-4-2)60-84-72-70(83)68(81)71(64(59-76)86-72)87-73-69(82)67(80)66(79)63(58-75)85-73/h38,40,46,48,54,56,61-64,66-73,75-77,79-83H,3-37,39,41-45,47,49-53,55,57-60H2,1-2H3,(H,74,78)/b40-38+,48-46+,56-54+. The van der Waals surface area contributed by atoms with E-state index in [0.29, 0.717) is 12.8 Å². The summed E-state index contributed by atoms with van der Waals surface area (Å²) in [6.07, 6.45) is 58.0. The maximum absolute atomic E-state index is 13.3. The van der Waals surface area contributed by atoms with Crippen LogP contribution >= 0.6 is 0 Å². The number of aliphatic hydroxyl groups is 8. The van der Waals surface area contributed by atoms with Crippen molar-refractivity contribution in [2.24, 2.45) is 0 Å². The van der Waals surface area contributed by atoms with E-state index in [1.807, 2.05) is 6.08 Å². The first kappa shape index (κ1) is 81.3. The molecule has 12 atom stereocenters. The van der Waals surface area contributed by atoms with Crippen LogP contribution in [0.1, 0.15) is 328 Å². The van der Waals surface area contributed by atoms with Crippen LogP contribution in [0.15, 0.2) is 36.5 Å². The molecule has 512 valence electrons. The molecule has 1 amide bonds. The summed E-state index contributed by atoms with van der Waals surface area (Å²) in [6, 6.07) is -0.937. The molecule has 2 fully saturated rings. The van der Waals surface area contributed by atoms with Gasteiger partial charge in [-0.1, -0.05) is 314 Å². The second-order valence-corrected chi connectivity index (χ2v) is 26.1. The third-order valence-corrected chi connectivity index (χ3v) is 18.1. The zero-order valence-corrected chi connectivity index (χ0v) is 55.8. The highest BCUT2D eigenvalue weighted by Gasteiger charge is 2.51. The van der Waals surface area contributed by atoms with Gasteiger partial charge in [0.15, 0.2) is 12.6 Å². The molecule has 12 unspecified atom stereocenters. The summed E-state index contributed by atoms with van der Waals surface area (Å²) in [4.78, 5) is 13.3. The first-order valence-corrected chi connectivity index (χ1v) is 36.7. The highest BCUT2D eigenvalue weighted by atomic mass is 16.7. The molecule has 9 N–H and O–H groups in total. The first-order chi connectivity index (χ1) is 42.6. The molecule has 2 saturated heterocycles. The number of allylic oxidation sites excluding steroid dienone is 5. The Kier molecular flexibility index (Phi) is 54.3. The van der Waals surface area contributed by atoms with Crippen molar-refractivity contribution >= 4 is 5.91 Å². The van der Waals surface area contributed by atoms with Crippen molar-refractivity contribution in [2.75, 3.05) is 19.8 Å². The van der Waals surface area contributed by atoms with E-state index in [9.17, 15) is 45.6 Å². The number of nitrogens with one attached hydrogen (secondary N) is 1. The van der Waals surface area contributed by atoms with Gasteiger partial charge < -0.3 is 65.1 Å². The molecule has 2 aliphatic rings. The summed E-state index contributed by atoms with van der Waals surface area (Å²) in [7, 11) is 0. The van der Waals surface area contributed by atoms with Crippen molar-refractivity contribution in [1.29, 1.82) is 0 Å². The van der Waals surface area contributed by atoms with E-state index in [4.69, 9.17) is 18.9 Å². The Morgan fingerprint density at radius 1 is 0.402 bits per heavy atom. The zero-order valence-electron chi connectivity index (χ0n) is 55.8. The van der Waals surface area contributed by atoms with Gasteiger partial charge in [0.2, 0.25) is 5.91 Å². The third-order valence-electron chi connectivity index (χ3n) is 18.1. The maximum atomic E-state index is 13.3. The van der Waals surface area contributed by atoms with Crippen LogP contribution in [0.25, 0.3) is 0 Å². The van der Waals surface area contributed by atoms with E-state index in [1.54, 1.807) is 6.08 Å². The third kappa shape index (κ3) is 42.1. The average molecular weight is 1240 g/mol. The largest absolute Gasteiger partial charge is 0.394 e. The normalized spacial score (nSPS) is 23.4. The summed E-state index contributed by atoms with van der Waals surface area (Å²) < 4.78 is 22.8. The lowest BCUT2D eigenvalue weighted by atomic mass is 9.97. The minimum absolute atomic E-state index is 0.247. The Bertz CT molecular complexity index is 1600. The van der Waals surface area contributed by atoms with E-state index in [-0.39, 0.29) is 18.9 Å². The number of hydrogen-bond acceptors (Lipinski definition) is 13. The fraction of sp³-hybridized carbons (Fsp3) is 0.904. The quantitative estimate of drug-likeness (QED) is 0.0204. The van der Waals surface area contributed by atoms with Crippen molar-refractivity contribution in [1.82, 2.24) is 5.32 Å². The van der Waals surface area contributed by atoms with Crippen molar-refractivity contribution in [3.8, 4) is 0 Å². The summed E-state index contributed by atoms with van der Waals surface area (Å²) in [5.41, 5.74) is 0. The minimum Gasteiger partial charge on any atom is -0.394 e. The van der Waals surface area contributed by atoms with Gasteiger partial charge in [-0.15, -0.1) is 0 Å². The summed E-state index contributed by atoms with van der Waals surface area (Å²) in [6.45, 7) is 2.82. The predicted molar refractivity (Wildman–Crippen MR) is 355 cm³/mol. The Hall–Kier alpha value is -1.79. The molecule has 2 heterocycles. The maximum Gasteiger partial charge on any atom is 0.220 e. The first-order valence-electron chi connectivity index (χ1n) is 36.7. The monoisotopic (exact) mass is 1240 g/mol. The van der Waals surface area contributed by atoms with E-state index < -0.39 is 86.8 Å². The predicted octanol–water partition coefficient (Wildman–Crippen LogP) is 15.3. The molecule has 0 spiro atoms. The smallest absolute Gasteiger partial charge is 0.220 e. The molecule has 2 aliphatic heterocycles. The minimum atomic E-state index is -1.79. The molecule has 0 aliphatic carbocycles. The van der Waals surface area contributed by atoms with Gasteiger partial charge in [-0.05, 0) is 44.9 Å². The van der Waals surface area contributed by atoms with Gasteiger partial charge >= 0.3 is 0 Å². The second kappa shape index (κ2) is 58.1. The van der Waals surface area contributed by atoms with E-state index >= 15 is 0 Å². The highest BCUT2D eigenvalue weighted by molar-refractivity contribution is 5.76. The van der Waals surface area contributed by atoms with Crippen molar-refractivity contribution in [3.05, 3.63) is 36.5 Å². The average Bonchev–Trinajstić information content (AvgIpc) is 2.33. The molecule has 0 aromatic heterocycles. The number of hydrogen-bond donors (Lipinski definition) is 9. The second-order valence-electron chi connectivity index (χ2n) is 26.1. The molecular formula is C73H137NO13. The van der Waals surface area contributed by atoms with Gasteiger partial charge in [-0.3, -0.25) is 4.79 Å². The fourth-order valence-corrected chi connectivity index (χ4v) is 12.2. The number of unbranched alkanes of at least 4 members (excludes halogenated alkanes) is 44. The lowest BCUT2D eigenvalue weighted by Crippen LogP contribution is -2.65. The molecular weight excluding hydrogens is 1100 g/mol. The van der Waals surface area contributed by atoms with E-state index in [2.05, 4.69) is 43.5 Å². The number of amides is 1. The van der Waals surface area contributed by atoms with Crippen LogP contribution in [0.5, 0.6) is 0 Å². The molecule has 0 aromatic carbocycles. The van der Waals surface area contributed by atoms with Gasteiger partial charge in [0.05, 0.1) is 32.0 Å². The number of aliphatic hydroxyl groups excluding tert-OH is 8. The Morgan fingerprint density at radius 2 is 0.736 bits per heavy atom.